The minimum absolute atomic E-state index is 0.0431. The van der Waals surface area contributed by atoms with E-state index in [1.165, 1.54) is 4.90 Å². The van der Waals surface area contributed by atoms with Crippen molar-refractivity contribution in [3.05, 3.63) is 72.4 Å². The summed E-state index contributed by atoms with van der Waals surface area (Å²) in [6.07, 6.45) is 1.06. The van der Waals surface area contributed by atoms with E-state index >= 15 is 0 Å². The van der Waals surface area contributed by atoms with Crippen LogP contribution in [0.2, 0.25) is 0 Å². The van der Waals surface area contributed by atoms with Crippen molar-refractivity contribution in [1.29, 1.82) is 0 Å². The number of hydrogen-bond acceptors (Lipinski definition) is 4. The van der Waals surface area contributed by atoms with Crippen LogP contribution in [0.1, 0.15) is 6.92 Å². The number of rotatable bonds is 4. The lowest BCUT2D eigenvalue weighted by atomic mass is 10.2. The highest BCUT2D eigenvalue weighted by Crippen LogP contribution is 2.31. The number of amides is 3. The Bertz CT molecular complexity index is 831. The second-order valence-electron chi connectivity index (χ2n) is 5.21. The molecule has 1 saturated heterocycles. The summed E-state index contributed by atoms with van der Waals surface area (Å²) >= 11 is 0. The molecule has 1 heterocycles. The average Bonchev–Trinajstić information content (AvgIpc) is 2.87. The molecule has 3 rings (SSSR count). The molecule has 0 bridgehead atoms. The van der Waals surface area contributed by atoms with Crippen LogP contribution in [0.4, 0.5) is 16.2 Å². The lowest BCUT2D eigenvalue weighted by molar-refractivity contribution is -0.137. The third kappa shape index (κ3) is 3.14. The van der Waals surface area contributed by atoms with Crippen LogP contribution < -0.4 is 9.80 Å². The number of urea groups is 1. The Labute approximate surface area is 144 Å². The Morgan fingerprint density at radius 3 is 1.96 bits per heavy atom. The number of esters is 1. The number of hydrogen-bond donors (Lipinski definition) is 0. The molecule has 0 unspecified atom stereocenters. The zero-order chi connectivity index (χ0) is 17.8. The third-order valence-corrected chi connectivity index (χ3v) is 3.62. The normalized spacial score (nSPS) is 15.8. The molecule has 0 N–H and O–H groups in total. The number of nitrogens with zero attached hydrogens (tertiary/aromatic N) is 2. The highest BCUT2D eigenvalue weighted by atomic mass is 16.5. The van der Waals surface area contributed by atoms with Crippen LogP contribution in [0.15, 0.2) is 72.4 Å². The SMILES string of the molecule is CCOC(=O)/C=C1/C(=O)N(c2ccccc2)C(=O)N1c1ccccc1. The molecule has 0 aromatic heterocycles. The maximum atomic E-state index is 12.9. The standard InChI is InChI=1S/C19H16N2O4/c1-2-25-17(22)13-16-18(23)21(15-11-7-4-8-12-15)19(24)20(16)14-9-5-3-6-10-14/h3-13H,2H2,1H3/b16-13-. The summed E-state index contributed by atoms with van der Waals surface area (Å²) in [5.74, 6) is -1.25. The Kier molecular flexibility index (Phi) is 4.61. The van der Waals surface area contributed by atoms with E-state index in [1.54, 1.807) is 67.6 Å². The number of ether oxygens (including phenoxy) is 1. The van der Waals surface area contributed by atoms with Gasteiger partial charge in [-0.3, -0.25) is 9.69 Å². The molecule has 0 atom stereocenters. The molecule has 3 amide bonds. The first kappa shape index (κ1) is 16.4. The van der Waals surface area contributed by atoms with E-state index in [9.17, 15) is 14.4 Å². The van der Waals surface area contributed by atoms with Crippen LogP contribution >= 0.6 is 0 Å². The van der Waals surface area contributed by atoms with Gasteiger partial charge >= 0.3 is 12.0 Å². The number of imide groups is 1. The van der Waals surface area contributed by atoms with Crippen molar-refractivity contribution in [2.24, 2.45) is 0 Å². The van der Waals surface area contributed by atoms with Crippen molar-refractivity contribution >= 4 is 29.3 Å². The van der Waals surface area contributed by atoms with Crippen molar-refractivity contribution in [3.8, 4) is 0 Å². The largest absolute Gasteiger partial charge is 0.463 e. The van der Waals surface area contributed by atoms with E-state index < -0.39 is 17.9 Å². The zero-order valence-corrected chi connectivity index (χ0v) is 13.6. The monoisotopic (exact) mass is 336 g/mol. The van der Waals surface area contributed by atoms with E-state index in [-0.39, 0.29) is 12.3 Å². The van der Waals surface area contributed by atoms with Gasteiger partial charge in [0.15, 0.2) is 0 Å². The molecule has 0 aliphatic carbocycles. The lowest BCUT2D eigenvalue weighted by Gasteiger charge is -2.17. The number of anilines is 2. The molecule has 126 valence electrons. The molecule has 1 fully saturated rings. The molecule has 1 aliphatic heterocycles. The van der Waals surface area contributed by atoms with Crippen molar-refractivity contribution < 1.29 is 19.1 Å². The van der Waals surface area contributed by atoms with Gasteiger partial charge in [-0.25, -0.2) is 14.5 Å². The van der Waals surface area contributed by atoms with Crippen LogP contribution in [0.5, 0.6) is 0 Å². The molecule has 1 aliphatic rings. The molecule has 6 nitrogen and oxygen atoms in total. The highest BCUT2D eigenvalue weighted by Gasteiger charge is 2.43. The molecule has 25 heavy (non-hydrogen) atoms. The van der Waals surface area contributed by atoms with Crippen LogP contribution in [-0.4, -0.2) is 24.5 Å². The van der Waals surface area contributed by atoms with Crippen molar-refractivity contribution in [1.82, 2.24) is 0 Å². The smallest absolute Gasteiger partial charge is 0.340 e. The van der Waals surface area contributed by atoms with Crippen molar-refractivity contribution in [3.63, 3.8) is 0 Å². The van der Waals surface area contributed by atoms with E-state index in [0.717, 1.165) is 11.0 Å². The molecule has 6 heteroatoms. The fourth-order valence-corrected chi connectivity index (χ4v) is 2.55. The molecule has 0 radical (unpaired) electrons. The van der Waals surface area contributed by atoms with E-state index in [2.05, 4.69) is 0 Å². The molecular weight excluding hydrogens is 320 g/mol. The Balaban J connectivity index is 2.08. The number of carbonyl (C=O) groups is 3. The van der Waals surface area contributed by atoms with Gasteiger partial charge in [-0.2, -0.15) is 0 Å². The second-order valence-corrected chi connectivity index (χ2v) is 5.21. The van der Waals surface area contributed by atoms with Gasteiger partial charge in [0.2, 0.25) is 0 Å². The van der Waals surface area contributed by atoms with Crippen LogP contribution in [-0.2, 0) is 14.3 Å². The van der Waals surface area contributed by atoms with Gasteiger partial charge in [-0.05, 0) is 31.2 Å². The Morgan fingerprint density at radius 2 is 1.44 bits per heavy atom. The summed E-state index contributed by atoms with van der Waals surface area (Å²) in [6.45, 7) is 1.85. The van der Waals surface area contributed by atoms with E-state index in [0.29, 0.717) is 11.4 Å². The first-order valence-corrected chi connectivity index (χ1v) is 7.80. The summed E-state index contributed by atoms with van der Waals surface area (Å²) < 4.78 is 4.89. The van der Waals surface area contributed by atoms with Gasteiger partial charge in [0, 0.05) is 0 Å². The van der Waals surface area contributed by atoms with Gasteiger partial charge in [-0.15, -0.1) is 0 Å². The quantitative estimate of drug-likeness (QED) is 0.489. The van der Waals surface area contributed by atoms with Crippen LogP contribution in [0.25, 0.3) is 0 Å². The summed E-state index contributed by atoms with van der Waals surface area (Å²) in [4.78, 5) is 39.9. The maximum absolute atomic E-state index is 12.9. The number of benzene rings is 2. The summed E-state index contributed by atoms with van der Waals surface area (Å²) in [6, 6.07) is 16.7. The van der Waals surface area contributed by atoms with Gasteiger partial charge in [0.05, 0.1) is 24.1 Å². The lowest BCUT2D eigenvalue weighted by Crippen LogP contribution is -2.32. The van der Waals surface area contributed by atoms with E-state index in [4.69, 9.17) is 4.74 Å². The summed E-state index contributed by atoms with van der Waals surface area (Å²) in [7, 11) is 0. The Hall–Kier alpha value is -3.41. The minimum Gasteiger partial charge on any atom is -0.463 e. The fourth-order valence-electron chi connectivity index (χ4n) is 2.55. The van der Waals surface area contributed by atoms with Crippen molar-refractivity contribution in [2.45, 2.75) is 6.92 Å². The average molecular weight is 336 g/mol. The van der Waals surface area contributed by atoms with Gasteiger partial charge < -0.3 is 4.74 Å². The molecule has 0 spiro atoms. The minimum atomic E-state index is -0.672. The van der Waals surface area contributed by atoms with Gasteiger partial charge in [0.25, 0.3) is 5.91 Å². The fraction of sp³-hybridized carbons (Fsp3) is 0.105. The topological polar surface area (TPSA) is 66.9 Å². The van der Waals surface area contributed by atoms with Crippen LogP contribution in [0.3, 0.4) is 0 Å². The van der Waals surface area contributed by atoms with Gasteiger partial charge in [-0.1, -0.05) is 36.4 Å². The summed E-state index contributed by atoms with van der Waals surface area (Å²) in [5, 5.41) is 0. The van der Waals surface area contributed by atoms with E-state index in [1.807, 2.05) is 0 Å². The first-order valence-electron chi connectivity index (χ1n) is 7.80. The molecular formula is C19H16N2O4. The second kappa shape index (κ2) is 7.00. The zero-order valence-electron chi connectivity index (χ0n) is 13.6. The summed E-state index contributed by atoms with van der Waals surface area (Å²) in [5.41, 5.74) is 0.888. The molecule has 0 saturated carbocycles. The molecule has 2 aromatic carbocycles. The molecule has 2 aromatic rings. The highest BCUT2D eigenvalue weighted by molar-refractivity contribution is 6.34. The predicted octanol–water partition coefficient (Wildman–Crippen LogP) is 3.11. The number of carbonyl (C=O) groups excluding carboxylic acids is 3. The number of para-hydroxylation sites is 2. The van der Waals surface area contributed by atoms with Crippen LogP contribution in [0, 0.1) is 0 Å². The third-order valence-electron chi connectivity index (χ3n) is 3.62. The Morgan fingerprint density at radius 1 is 0.920 bits per heavy atom. The maximum Gasteiger partial charge on any atom is 0.340 e. The first-order chi connectivity index (χ1) is 12.1. The van der Waals surface area contributed by atoms with Crippen molar-refractivity contribution in [2.75, 3.05) is 16.4 Å². The predicted molar refractivity (Wildman–Crippen MR) is 93.0 cm³/mol. The van der Waals surface area contributed by atoms with Gasteiger partial charge in [0.1, 0.15) is 5.70 Å².